The van der Waals surface area contributed by atoms with E-state index in [0.29, 0.717) is 17.0 Å². The van der Waals surface area contributed by atoms with Crippen LogP contribution in [0.25, 0.3) is 50.5 Å². The Morgan fingerprint density at radius 2 is 1.58 bits per heavy atom. The fraction of sp³-hybridized carbons (Fsp3) is 0.129. The number of phenols is 1. The Balaban J connectivity index is 1.46. The largest absolute Gasteiger partial charge is 0.505 e. The van der Waals surface area contributed by atoms with Gasteiger partial charge in [0.25, 0.3) is 0 Å². The highest BCUT2D eigenvalue weighted by Gasteiger charge is 2.34. The summed E-state index contributed by atoms with van der Waals surface area (Å²) in [7, 11) is 0. The molecule has 0 unspecified atom stereocenters. The summed E-state index contributed by atoms with van der Waals surface area (Å²) < 4.78 is 16.1. The molecule has 7 rings (SSSR count). The number of benzene rings is 3. The molecule has 6 aromatic rings. The number of hydrogen-bond donors (Lipinski definition) is 2. The Labute approximate surface area is 218 Å². The third-order valence-electron chi connectivity index (χ3n) is 7.62. The third-order valence-corrected chi connectivity index (χ3v) is 7.62. The summed E-state index contributed by atoms with van der Waals surface area (Å²) >= 11 is 0. The van der Waals surface area contributed by atoms with Crippen molar-refractivity contribution < 1.29 is 9.50 Å². The predicted molar refractivity (Wildman–Crippen MR) is 146 cm³/mol. The number of nitrogens with two attached hydrogens (primary N) is 1. The Hall–Kier alpha value is -4.62. The summed E-state index contributed by atoms with van der Waals surface area (Å²) in [5.74, 6) is -0.653. The average molecular weight is 502 g/mol. The molecule has 0 saturated heterocycles. The molecule has 0 atom stereocenters. The van der Waals surface area contributed by atoms with Gasteiger partial charge in [0.1, 0.15) is 0 Å². The molecule has 3 aromatic heterocycles. The van der Waals surface area contributed by atoms with E-state index in [2.05, 4.69) is 52.7 Å². The van der Waals surface area contributed by atoms with Crippen LogP contribution in [0.2, 0.25) is 0 Å². The van der Waals surface area contributed by atoms with Crippen LogP contribution in [0, 0.1) is 5.82 Å². The van der Waals surface area contributed by atoms with E-state index in [-0.39, 0.29) is 5.54 Å². The van der Waals surface area contributed by atoms with Gasteiger partial charge in [-0.2, -0.15) is 0 Å². The van der Waals surface area contributed by atoms with Crippen molar-refractivity contribution in [1.82, 2.24) is 19.6 Å². The van der Waals surface area contributed by atoms with Gasteiger partial charge < -0.3 is 10.8 Å². The highest BCUT2D eigenvalue weighted by molar-refractivity contribution is 5.92. The smallest absolute Gasteiger partial charge is 0.169 e. The normalized spacial score (nSPS) is 14.6. The number of aromatic nitrogens is 4. The molecular weight excluding hydrogens is 477 g/mol. The van der Waals surface area contributed by atoms with Gasteiger partial charge >= 0.3 is 0 Å². The van der Waals surface area contributed by atoms with Gasteiger partial charge in [0.05, 0.1) is 16.7 Å². The van der Waals surface area contributed by atoms with Gasteiger partial charge in [0.2, 0.25) is 0 Å². The van der Waals surface area contributed by atoms with E-state index in [9.17, 15) is 9.50 Å². The lowest BCUT2D eigenvalue weighted by molar-refractivity contribution is 0.253. The fourth-order valence-corrected chi connectivity index (χ4v) is 5.31. The summed E-state index contributed by atoms with van der Waals surface area (Å²) in [6.07, 6.45) is 3.19. The SMILES string of the molecule is NC1(c2ccc(-c3nc4ccc5nnc(-c6ccc(O)c(F)c6)n5c4cc3-c3ccccc3)cc2)CCC1. The molecule has 38 heavy (non-hydrogen) atoms. The summed E-state index contributed by atoms with van der Waals surface area (Å²) in [6.45, 7) is 0. The van der Waals surface area contributed by atoms with Crippen LogP contribution in [-0.2, 0) is 5.54 Å². The lowest BCUT2D eigenvalue weighted by atomic mass is 9.72. The van der Waals surface area contributed by atoms with E-state index in [1.807, 2.05) is 34.7 Å². The second kappa shape index (κ2) is 8.46. The van der Waals surface area contributed by atoms with Crippen molar-refractivity contribution in [3.05, 3.63) is 102 Å². The molecule has 1 fully saturated rings. The van der Waals surface area contributed by atoms with Crippen molar-refractivity contribution in [2.45, 2.75) is 24.8 Å². The molecule has 7 heteroatoms. The van der Waals surface area contributed by atoms with Crippen LogP contribution in [0.5, 0.6) is 5.75 Å². The van der Waals surface area contributed by atoms with E-state index >= 15 is 0 Å². The maximum Gasteiger partial charge on any atom is 0.169 e. The highest BCUT2D eigenvalue weighted by atomic mass is 19.1. The number of rotatable bonds is 4. The summed E-state index contributed by atoms with van der Waals surface area (Å²) in [4.78, 5) is 5.12. The topological polar surface area (TPSA) is 89.3 Å². The Morgan fingerprint density at radius 3 is 2.29 bits per heavy atom. The van der Waals surface area contributed by atoms with Gasteiger partial charge in [-0.05, 0) is 66.8 Å². The van der Waals surface area contributed by atoms with Crippen LogP contribution >= 0.6 is 0 Å². The van der Waals surface area contributed by atoms with Crippen LogP contribution in [0.4, 0.5) is 4.39 Å². The second-order valence-electron chi connectivity index (χ2n) is 9.96. The Morgan fingerprint density at radius 1 is 0.816 bits per heavy atom. The first-order chi connectivity index (χ1) is 18.5. The number of hydrogen-bond acceptors (Lipinski definition) is 5. The van der Waals surface area contributed by atoms with Crippen LogP contribution in [0.15, 0.2) is 91.0 Å². The standard InChI is InChI=1S/C31H24FN5O/c32-24-17-21(9-13-27(24)38)30-36-35-28-14-12-25-26(37(28)30)18-23(19-5-2-1-3-6-19)29(34-25)20-7-10-22(11-8-20)31(33)15-4-16-31/h1-3,5-14,17-18,38H,4,15-16,33H2. The minimum absolute atomic E-state index is 0.221. The first-order valence-corrected chi connectivity index (χ1v) is 12.6. The second-order valence-corrected chi connectivity index (χ2v) is 9.96. The van der Waals surface area contributed by atoms with Gasteiger partial charge in [0, 0.05) is 22.2 Å². The molecule has 0 aliphatic heterocycles. The van der Waals surface area contributed by atoms with E-state index in [4.69, 9.17) is 10.7 Å². The van der Waals surface area contributed by atoms with Gasteiger partial charge in [-0.15, -0.1) is 10.2 Å². The summed E-state index contributed by atoms with van der Waals surface area (Å²) in [5, 5.41) is 18.3. The minimum atomic E-state index is -0.713. The molecular formula is C31H24FN5O. The lowest BCUT2D eigenvalue weighted by Crippen LogP contribution is -2.43. The number of halogens is 1. The van der Waals surface area contributed by atoms with Crippen molar-refractivity contribution in [2.75, 3.05) is 0 Å². The molecule has 0 radical (unpaired) electrons. The van der Waals surface area contributed by atoms with Crippen LogP contribution in [-0.4, -0.2) is 24.7 Å². The molecule has 1 aliphatic carbocycles. The molecule has 186 valence electrons. The maximum absolute atomic E-state index is 14.2. The Bertz CT molecular complexity index is 1830. The maximum atomic E-state index is 14.2. The van der Waals surface area contributed by atoms with E-state index < -0.39 is 11.6 Å². The molecule has 6 nitrogen and oxygen atoms in total. The first-order valence-electron chi connectivity index (χ1n) is 12.6. The lowest BCUT2D eigenvalue weighted by Gasteiger charge is -2.38. The van der Waals surface area contributed by atoms with Crippen molar-refractivity contribution in [3.8, 4) is 39.5 Å². The quantitative estimate of drug-likeness (QED) is 0.289. The van der Waals surface area contributed by atoms with Crippen LogP contribution < -0.4 is 5.73 Å². The third kappa shape index (κ3) is 3.55. The monoisotopic (exact) mass is 501 g/mol. The van der Waals surface area contributed by atoms with Crippen molar-refractivity contribution in [3.63, 3.8) is 0 Å². The summed E-state index contributed by atoms with van der Waals surface area (Å²) in [6, 6.07) is 28.6. The molecule has 0 spiro atoms. The van der Waals surface area contributed by atoms with Crippen molar-refractivity contribution in [2.24, 2.45) is 5.73 Å². The van der Waals surface area contributed by atoms with E-state index in [1.165, 1.54) is 18.6 Å². The van der Waals surface area contributed by atoms with Gasteiger partial charge in [-0.25, -0.2) is 9.37 Å². The van der Waals surface area contributed by atoms with Crippen LogP contribution in [0.1, 0.15) is 24.8 Å². The van der Waals surface area contributed by atoms with Crippen molar-refractivity contribution in [1.29, 1.82) is 0 Å². The zero-order valence-electron chi connectivity index (χ0n) is 20.5. The molecule has 1 aliphatic rings. The number of nitrogens with zero attached hydrogens (tertiary/aromatic N) is 4. The zero-order chi connectivity index (χ0) is 25.9. The van der Waals surface area contributed by atoms with Crippen molar-refractivity contribution >= 4 is 16.7 Å². The average Bonchev–Trinajstić information content (AvgIpc) is 3.38. The number of aromatic hydroxyl groups is 1. The van der Waals surface area contributed by atoms with E-state index in [0.717, 1.165) is 51.8 Å². The van der Waals surface area contributed by atoms with Crippen LogP contribution in [0.3, 0.4) is 0 Å². The Kier molecular flexibility index (Phi) is 5.03. The summed E-state index contributed by atoms with van der Waals surface area (Å²) in [5.41, 5.74) is 14.0. The molecule has 3 heterocycles. The van der Waals surface area contributed by atoms with Gasteiger partial charge in [-0.3, -0.25) is 4.40 Å². The first kappa shape index (κ1) is 22.6. The fourth-order valence-electron chi connectivity index (χ4n) is 5.31. The number of pyridine rings is 2. The molecule has 3 N–H and O–H groups in total. The number of phenolic OH excluding ortho intramolecular Hbond substituents is 1. The number of fused-ring (bicyclic) bond motifs is 3. The zero-order valence-corrected chi connectivity index (χ0v) is 20.5. The highest BCUT2D eigenvalue weighted by Crippen LogP contribution is 2.40. The van der Waals surface area contributed by atoms with E-state index in [1.54, 1.807) is 6.07 Å². The van der Waals surface area contributed by atoms with Gasteiger partial charge in [-0.1, -0.05) is 54.6 Å². The molecule has 3 aromatic carbocycles. The predicted octanol–water partition coefficient (Wildman–Crippen LogP) is 6.46. The molecule has 1 saturated carbocycles. The van der Waals surface area contributed by atoms with Gasteiger partial charge in [0.15, 0.2) is 23.0 Å². The minimum Gasteiger partial charge on any atom is -0.505 e. The molecule has 0 amide bonds. The molecule has 0 bridgehead atoms.